The van der Waals surface area contributed by atoms with Gasteiger partial charge in [-0.3, -0.25) is 9.59 Å². The molecule has 1 atom stereocenters. The molecule has 0 unspecified atom stereocenters. The summed E-state index contributed by atoms with van der Waals surface area (Å²) in [5, 5.41) is 2.59. The van der Waals surface area contributed by atoms with Gasteiger partial charge < -0.3 is 10.2 Å². The Balaban J connectivity index is 1.87. The van der Waals surface area contributed by atoms with E-state index in [9.17, 15) is 18.4 Å². The highest BCUT2D eigenvalue weighted by Crippen LogP contribution is 2.32. The van der Waals surface area contributed by atoms with Crippen molar-refractivity contribution in [2.24, 2.45) is 5.92 Å². The summed E-state index contributed by atoms with van der Waals surface area (Å²) in [6.45, 7) is 2.27. The van der Waals surface area contributed by atoms with Gasteiger partial charge in [0.05, 0.1) is 11.6 Å². The molecular formula is C19H18F2N2O2. The number of rotatable bonds is 3. The molecule has 2 aromatic rings. The van der Waals surface area contributed by atoms with Crippen molar-refractivity contribution in [1.82, 2.24) is 4.90 Å². The van der Waals surface area contributed by atoms with Crippen LogP contribution in [0.2, 0.25) is 0 Å². The van der Waals surface area contributed by atoms with Crippen LogP contribution in [0.25, 0.3) is 11.1 Å². The van der Waals surface area contributed by atoms with E-state index in [1.807, 2.05) is 0 Å². The van der Waals surface area contributed by atoms with Gasteiger partial charge in [0.25, 0.3) is 0 Å². The van der Waals surface area contributed by atoms with E-state index in [4.69, 9.17) is 0 Å². The number of halogens is 2. The molecule has 130 valence electrons. The van der Waals surface area contributed by atoms with Gasteiger partial charge in [-0.15, -0.1) is 0 Å². The van der Waals surface area contributed by atoms with Gasteiger partial charge in [-0.25, -0.2) is 8.78 Å². The highest BCUT2D eigenvalue weighted by atomic mass is 19.1. The van der Waals surface area contributed by atoms with Crippen molar-refractivity contribution in [3.8, 4) is 11.1 Å². The second kappa shape index (κ2) is 7.01. The Morgan fingerprint density at radius 3 is 2.52 bits per heavy atom. The van der Waals surface area contributed by atoms with Crippen LogP contribution in [0, 0.1) is 17.6 Å². The molecule has 6 heteroatoms. The third-order valence-electron chi connectivity index (χ3n) is 4.39. The fourth-order valence-electron chi connectivity index (χ4n) is 3.03. The Kier molecular flexibility index (Phi) is 4.79. The largest absolute Gasteiger partial charge is 0.342 e. The van der Waals surface area contributed by atoms with Gasteiger partial charge in [0.1, 0.15) is 11.6 Å². The Morgan fingerprint density at radius 1 is 1.16 bits per heavy atom. The van der Waals surface area contributed by atoms with Crippen LogP contribution in [0.1, 0.15) is 13.3 Å². The number of hydrogen-bond donors (Lipinski definition) is 1. The molecule has 0 saturated carbocycles. The van der Waals surface area contributed by atoms with Gasteiger partial charge in [0.15, 0.2) is 0 Å². The minimum Gasteiger partial charge on any atom is -0.342 e. The molecule has 1 N–H and O–H groups in total. The van der Waals surface area contributed by atoms with Crippen LogP contribution in [0.4, 0.5) is 14.5 Å². The van der Waals surface area contributed by atoms with Crippen LogP contribution in [0.3, 0.4) is 0 Å². The minimum absolute atomic E-state index is 0.0427. The normalized spacial score (nSPS) is 16.8. The van der Waals surface area contributed by atoms with E-state index in [0.29, 0.717) is 25.1 Å². The molecule has 1 aliphatic heterocycles. The first kappa shape index (κ1) is 17.1. The number of nitrogens with one attached hydrogen (secondary N) is 1. The van der Waals surface area contributed by atoms with Crippen molar-refractivity contribution < 1.29 is 18.4 Å². The van der Waals surface area contributed by atoms with E-state index in [-0.39, 0.29) is 23.1 Å². The van der Waals surface area contributed by atoms with Crippen LogP contribution >= 0.6 is 0 Å². The number of nitrogens with zero attached hydrogens (tertiary/aromatic N) is 1. The van der Waals surface area contributed by atoms with E-state index < -0.39 is 17.6 Å². The molecule has 1 saturated heterocycles. The molecule has 3 rings (SSSR count). The number of carbonyl (C=O) groups excluding carboxylic acids is 2. The number of hydrogen-bond acceptors (Lipinski definition) is 2. The van der Waals surface area contributed by atoms with Crippen LogP contribution in [-0.4, -0.2) is 29.8 Å². The average molecular weight is 344 g/mol. The monoisotopic (exact) mass is 344 g/mol. The summed E-state index contributed by atoms with van der Waals surface area (Å²) in [6, 6.07) is 10.7. The summed E-state index contributed by atoms with van der Waals surface area (Å²) < 4.78 is 28.0. The molecule has 1 aliphatic rings. The van der Waals surface area contributed by atoms with Crippen molar-refractivity contribution in [2.75, 3.05) is 18.4 Å². The molecule has 25 heavy (non-hydrogen) atoms. The number of benzene rings is 2. The van der Waals surface area contributed by atoms with Crippen molar-refractivity contribution in [2.45, 2.75) is 13.3 Å². The summed E-state index contributed by atoms with van der Waals surface area (Å²) in [7, 11) is 0. The predicted octanol–water partition coefficient (Wildman–Crippen LogP) is 3.44. The third-order valence-corrected chi connectivity index (χ3v) is 4.39. The lowest BCUT2D eigenvalue weighted by atomic mass is 10.0. The van der Waals surface area contributed by atoms with Gasteiger partial charge in [-0.2, -0.15) is 0 Å². The van der Waals surface area contributed by atoms with Crippen LogP contribution in [0.15, 0.2) is 42.5 Å². The van der Waals surface area contributed by atoms with Crippen molar-refractivity contribution >= 4 is 17.5 Å². The summed E-state index contributed by atoms with van der Waals surface area (Å²) >= 11 is 0. The Hall–Kier alpha value is -2.76. The van der Waals surface area contributed by atoms with E-state index in [0.717, 1.165) is 6.07 Å². The first-order valence-corrected chi connectivity index (χ1v) is 8.06. The lowest BCUT2D eigenvalue weighted by molar-refractivity contribution is -0.128. The molecule has 2 amide bonds. The number of likely N-dealkylation sites (tertiary alicyclic amines) is 1. The average Bonchev–Trinajstić information content (AvgIpc) is 3.08. The lowest BCUT2D eigenvalue weighted by Gasteiger charge is -2.16. The lowest BCUT2D eigenvalue weighted by Crippen LogP contribution is -2.30. The highest BCUT2D eigenvalue weighted by molar-refractivity contribution is 5.97. The zero-order valence-corrected chi connectivity index (χ0v) is 13.8. The molecule has 1 fully saturated rings. The summed E-state index contributed by atoms with van der Waals surface area (Å²) in [6.07, 6.45) is 0.523. The zero-order chi connectivity index (χ0) is 18.0. The highest BCUT2D eigenvalue weighted by Gasteiger charge is 2.30. The second-order valence-electron chi connectivity index (χ2n) is 6.12. The quantitative estimate of drug-likeness (QED) is 0.927. The molecule has 2 aromatic carbocycles. The SMILES string of the molecule is CC(=O)N1CC[C@H](C(=O)Nc2c(F)cc(F)cc2-c2ccccc2)C1. The third kappa shape index (κ3) is 3.68. The number of carbonyl (C=O) groups is 2. The molecule has 4 nitrogen and oxygen atoms in total. The first-order chi connectivity index (χ1) is 12.0. The first-order valence-electron chi connectivity index (χ1n) is 8.06. The van der Waals surface area contributed by atoms with Gasteiger partial charge in [-0.1, -0.05) is 30.3 Å². The van der Waals surface area contributed by atoms with E-state index in [1.165, 1.54) is 13.0 Å². The van der Waals surface area contributed by atoms with E-state index in [1.54, 1.807) is 35.2 Å². The summed E-state index contributed by atoms with van der Waals surface area (Å²) in [5.74, 6) is -2.40. The van der Waals surface area contributed by atoms with Gasteiger partial charge >= 0.3 is 0 Å². The summed E-state index contributed by atoms with van der Waals surface area (Å²) in [4.78, 5) is 25.5. The summed E-state index contributed by atoms with van der Waals surface area (Å²) in [5.41, 5.74) is 0.847. The Bertz CT molecular complexity index is 809. The standard InChI is InChI=1S/C19H18F2N2O2/c1-12(24)23-8-7-14(11-23)19(25)22-18-16(9-15(20)10-17(18)21)13-5-3-2-4-6-13/h2-6,9-10,14H,7-8,11H2,1H3,(H,22,25)/t14-/m0/s1. The van der Waals surface area contributed by atoms with Gasteiger partial charge in [0, 0.05) is 31.6 Å². The van der Waals surface area contributed by atoms with Crippen LogP contribution in [0.5, 0.6) is 0 Å². The number of amides is 2. The fraction of sp³-hybridized carbons (Fsp3) is 0.263. The fourth-order valence-corrected chi connectivity index (χ4v) is 3.03. The van der Waals surface area contributed by atoms with E-state index >= 15 is 0 Å². The molecule has 0 spiro atoms. The van der Waals surface area contributed by atoms with E-state index in [2.05, 4.69) is 5.32 Å². The molecule has 0 bridgehead atoms. The maximum Gasteiger partial charge on any atom is 0.229 e. The maximum absolute atomic E-state index is 14.3. The van der Waals surface area contributed by atoms with Gasteiger partial charge in [0.2, 0.25) is 11.8 Å². The van der Waals surface area contributed by atoms with Crippen molar-refractivity contribution in [3.63, 3.8) is 0 Å². The van der Waals surface area contributed by atoms with Crippen LogP contribution < -0.4 is 5.32 Å². The molecule has 0 aliphatic carbocycles. The van der Waals surface area contributed by atoms with Crippen molar-refractivity contribution in [1.29, 1.82) is 0 Å². The molecule has 1 heterocycles. The Labute approximate surface area is 144 Å². The predicted molar refractivity (Wildman–Crippen MR) is 90.8 cm³/mol. The zero-order valence-electron chi connectivity index (χ0n) is 13.8. The second-order valence-corrected chi connectivity index (χ2v) is 6.12. The maximum atomic E-state index is 14.3. The molecular weight excluding hydrogens is 326 g/mol. The van der Waals surface area contributed by atoms with Gasteiger partial charge in [-0.05, 0) is 18.1 Å². The number of anilines is 1. The van der Waals surface area contributed by atoms with Crippen LogP contribution in [-0.2, 0) is 9.59 Å². The minimum atomic E-state index is -0.825. The molecule has 0 aromatic heterocycles. The topological polar surface area (TPSA) is 49.4 Å². The Morgan fingerprint density at radius 2 is 1.88 bits per heavy atom. The van der Waals surface area contributed by atoms with Crippen molar-refractivity contribution in [3.05, 3.63) is 54.1 Å². The smallest absolute Gasteiger partial charge is 0.229 e. The molecule has 0 radical (unpaired) electrons.